The van der Waals surface area contributed by atoms with E-state index in [9.17, 15) is 4.57 Å². The Morgan fingerprint density at radius 1 is 1.86 bits per heavy atom. The summed E-state index contributed by atoms with van der Waals surface area (Å²) in [5.41, 5.74) is 0. The molecule has 0 fully saturated rings. The van der Waals surface area contributed by atoms with Crippen molar-refractivity contribution >= 4 is 7.60 Å². The van der Waals surface area contributed by atoms with Crippen LogP contribution < -0.4 is 5.90 Å². The second-order valence-electron chi connectivity index (χ2n) is 0.908. The van der Waals surface area contributed by atoms with E-state index >= 15 is 0 Å². The van der Waals surface area contributed by atoms with Crippen LogP contribution in [-0.2, 0) is 26.3 Å². The van der Waals surface area contributed by atoms with Crippen molar-refractivity contribution in [2.24, 2.45) is 5.90 Å². The molecule has 7 heavy (non-hydrogen) atoms. The molecule has 0 spiro atoms. The van der Waals surface area contributed by atoms with Crippen molar-refractivity contribution in [3.05, 3.63) is 0 Å². The Kier molecular flexibility index (Phi) is 5.46. The van der Waals surface area contributed by atoms with Crippen LogP contribution >= 0.6 is 7.60 Å². The molecular formula is CH6MnNO3P. The van der Waals surface area contributed by atoms with E-state index < -0.39 is 7.60 Å². The number of hydrogen-bond donors (Lipinski definition) is 2. The molecule has 1 unspecified atom stereocenters. The molecule has 1 atom stereocenters. The third-order valence-electron chi connectivity index (χ3n) is 0.196. The molecule has 6 heteroatoms. The van der Waals surface area contributed by atoms with Gasteiger partial charge in [0.05, 0.1) is 0 Å². The van der Waals surface area contributed by atoms with Gasteiger partial charge in [0.25, 0.3) is 0 Å². The molecule has 0 rings (SSSR count). The zero-order valence-corrected chi connectivity index (χ0v) is 5.74. The summed E-state index contributed by atoms with van der Waals surface area (Å²) in [6.45, 7) is 1.01. The predicted molar refractivity (Wildman–Crippen MR) is 21.0 cm³/mol. The summed E-state index contributed by atoms with van der Waals surface area (Å²) >= 11 is 0. The Morgan fingerprint density at radius 2 is 2.00 bits per heavy atom. The van der Waals surface area contributed by atoms with Crippen LogP contribution in [0.25, 0.3) is 0 Å². The monoisotopic (exact) mass is 166 g/mol. The fourth-order valence-corrected chi connectivity index (χ4v) is 0. The molecule has 0 bridgehead atoms. The molecule has 0 saturated carbocycles. The van der Waals surface area contributed by atoms with E-state index in [4.69, 9.17) is 4.89 Å². The van der Waals surface area contributed by atoms with Gasteiger partial charge in [0.15, 0.2) is 0 Å². The van der Waals surface area contributed by atoms with Crippen molar-refractivity contribution in [3.63, 3.8) is 0 Å². The minimum absolute atomic E-state index is 0. The smallest absolute Gasteiger partial charge is 0.324 e. The zero-order valence-electron chi connectivity index (χ0n) is 3.67. The van der Waals surface area contributed by atoms with Crippen molar-refractivity contribution in [2.45, 2.75) is 0 Å². The van der Waals surface area contributed by atoms with Crippen LogP contribution in [0.3, 0.4) is 0 Å². The van der Waals surface area contributed by atoms with Gasteiger partial charge in [0.1, 0.15) is 0 Å². The molecule has 0 saturated heterocycles. The summed E-state index contributed by atoms with van der Waals surface area (Å²) in [5, 5.41) is 0. The van der Waals surface area contributed by atoms with E-state index in [2.05, 4.69) is 10.5 Å². The van der Waals surface area contributed by atoms with Gasteiger partial charge >= 0.3 is 7.60 Å². The van der Waals surface area contributed by atoms with Crippen molar-refractivity contribution in [1.82, 2.24) is 0 Å². The third-order valence-corrected chi connectivity index (χ3v) is 0.587. The molecule has 0 aliphatic carbocycles. The maximum absolute atomic E-state index is 9.79. The van der Waals surface area contributed by atoms with Crippen molar-refractivity contribution in [1.29, 1.82) is 0 Å². The van der Waals surface area contributed by atoms with Gasteiger partial charge in [-0.15, -0.1) is 0 Å². The Morgan fingerprint density at radius 3 is 2.00 bits per heavy atom. The molecule has 0 aromatic rings. The predicted octanol–water partition coefficient (Wildman–Crippen LogP) is -0.311. The second kappa shape index (κ2) is 3.61. The van der Waals surface area contributed by atoms with E-state index in [1.165, 1.54) is 0 Å². The number of hydrogen-bond acceptors (Lipinski definition) is 3. The average Bonchev–Trinajstić information content (AvgIpc) is 1.35. The Bertz CT molecular complexity index is 79.0. The minimum Gasteiger partial charge on any atom is -0.324 e. The quantitative estimate of drug-likeness (QED) is 0.318. The molecule has 1 radical (unpaired) electrons. The molecular weight excluding hydrogens is 160 g/mol. The largest absolute Gasteiger partial charge is 0.341 e. The number of rotatable bonds is 1. The van der Waals surface area contributed by atoms with Crippen LogP contribution in [0.1, 0.15) is 0 Å². The van der Waals surface area contributed by atoms with E-state index in [0.29, 0.717) is 0 Å². The van der Waals surface area contributed by atoms with Gasteiger partial charge in [0.2, 0.25) is 0 Å². The third kappa shape index (κ3) is 10.8. The van der Waals surface area contributed by atoms with Gasteiger partial charge in [0, 0.05) is 23.7 Å². The van der Waals surface area contributed by atoms with Gasteiger partial charge in [-0.05, 0) is 0 Å². The summed E-state index contributed by atoms with van der Waals surface area (Å²) < 4.78 is 13.3. The fourth-order valence-electron chi connectivity index (χ4n) is 0. The Labute approximate surface area is 52.0 Å². The van der Waals surface area contributed by atoms with E-state index in [1.54, 1.807) is 0 Å². The molecule has 0 aromatic carbocycles. The number of nitrogens with two attached hydrogens (primary N) is 1. The van der Waals surface area contributed by atoms with Crippen LogP contribution in [0.5, 0.6) is 0 Å². The van der Waals surface area contributed by atoms with Crippen LogP contribution in [0.4, 0.5) is 0 Å². The Balaban J connectivity index is 0. The molecule has 0 aliphatic heterocycles. The van der Waals surface area contributed by atoms with Gasteiger partial charge in [-0.2, -0.15) is 0 Å². The van der Waals surface area contributed by atoms with Crippen LogP contribution in [0.15, 0.2) is 0 Å². The van der Waals surface area contributed by atoms with Gasteiger partial charge in [-0.1, -0.05) is 0 Å². The van der Waals surface area contributed by atoms with Crippen molar-refractivity contribution < 1.29 is 31.2 Å². The second-order valence-corrected chi connectivity index (χ2v) is 2.73. The Hall–Kier alpha value is 0.629. The molecule has 0 heterocycles. The van der Waals surface area contributed by atoms with Crippen LogP contribution in [0.2, 0.25) is 0 Å². The first-order valence-electron chi connectivity index (χ1n) is 1.25. The van der Waals surface area contributed by atoms with E-state index in [1.807, 2.05) is 0 Å². The first-order chi connectivity index (χ1) is 2.56. The molecule has 0 aromatic heterocycles. The first-order valence-corrected chi connectivity index (χ1v) is 3.27. The zero-order chi connectivity index (χ0) is 5.21. The standard InChI is InChI=1S/CH6NO3P.Mn/c1-6(3,4)5-2;/h2H2,1H3,(H,3,4);. The van der Waals surface area contributed by atoms with Gasteiger partial charge < -0.3 is 4.89 Å². The topological polar surface area (TPSA) is 72.5 Å². The maximum atomic E-state index is 9.79. The van der Waals surface area contributed by atoms with Gasteiger partial charge in [-0.3, -0.25) is 4.57 Å². The average molecular weight is 166 g/mol. The summed E-state index contributed by atoms with van der Waals surface area (Å²) in [7, 11) is -3.37. The molecule has 0 amide bonds. The summed E-state index contributed by atoms with van der Waals surface area (Å²) in [6, 6.07) is 0. The normalized spacial score (nSPS) is 17.0. The van der Waals surface area contributed by atoms with E-state index in [-0.39, 0.29) is 17.1 Å². The molecule has 0 aliphatic rings. The van der Waals surface area contributed by atoms with E-state index in [0.717, 1.165) is 6.66 Å². The van der Waals surface area contributed by atoms with Gasteiger partial charge in [-0.25, -0.2) is 10.5 Å². The summed E-state index contributed by atoms with van der Waals surface area (Å²) in [5.74, 6) is 4.29. The van der Waals surface area contributed by atoms with Crippen molar-refractivity contribution in [2.75, 3.05) is 6.66 Å². The van der Waals surface area contributed by atoms with Crippen LogP contribution in [-0.4, -0.2) is 11.6 Å². The summed E-state index contributed by atoms with van der Waals surface area (Å²) in [6.07, 6.45) is 0. The van der Waals surface area contributed by atoms with Crippen LogP contribution in [0, 0.1) is 0 Å². The molecule has 3 N–H and O–H groups in total. The molecule has 4 nitrogen and oxygen atoms in total. The SMILES string of the molecule is CP(=O)(O)ON.[Mn]. The maximum Gasteiger partial charge on any atom is 0.341 e. The fraction of sp³-hybridized carbons (Fsp3) is 1.00. The first kappa shape index (κ1) is 10.6. The minimum atomic E-state index is -3.37. The summed E-state index contributed by atoms with van der Waals surface area (Å²) in [4.78, 5) is 8.03. The van der Waals surface area contributed by atoms with Crippen molar-refractivity contribution in [3.8, 4) is 0 Å². The molecule has 45 valence electrons.